The van der Waals surface area contributed by atoms with Gasteiger partial charge < -0.3 is 10.0 Å². The van der Waals surface area contributed by atoms with E-state index in [2.05, 4.69) is 0 Å². The Morgan fingerprint density at radius 3 is 2.54 bits per heavy atom. The lowest BCUT2D eigenvalue weighted by Gasteiger charge is -2.30. The van der Waals surface area contributed by atoms with Gasteiger partial charge in [-0.15, -0.1) is 0 Å². The summed E-state index contributed by atoms with van der Waals surface area (Å²) in [5.74, 6) is -1.86. The Balaban J connectivity index is 1.74. The van der Waals surface area contributed by atoms with Crippen molar-refractivity contribution in [2.24, 2.45) is 0 Å². The smallest absolute Gasteiger partial charge is 0.416 e. The van der Waals surface area contributed by atoms with Crippen molar-refractivity contribution in [3.63, 3.8) is 0 Å². The first-order valence-corrected chi connectivity index (χ1v) is 8.96. The highest BCUT2D eigenvalue weighted by Gasteiger charge is 2.34. The lowest BCUT2D eigenvalue weighted by atomic mass is 9.91. The monoisotopic (exact) mass is 391 g/mol. The Bertz CT molecular complexity index is 908. The van der Waals surface area contributed by atoms with Crippen molar-refractivity contribution in [3.05, 3.63) is 70.3 Å². The van der Waals surface area contributed by atoms with Crippen LogP contribution in [0.2, 0.25) is 0 Å². The second-order valence-corrected chi connectivity index (χ2v) is 7.04. The van der Waals surface area contributed by atoms with Gasteiger partial charge in [0.1, 0.15) is 0 Å². The second kappa shape index (κ2) is 7.66. The molecule has 1 unspecified atom stereocenters. The molecule has 148 valence electrons. The van der Waals surface area contributed by atoms with Gasteiger partial charge >= 0.3 is 12.1 Å². The van der Waals surface area contributed by atoms with Crippen molar-refractivity contribution >= 4 is 11.9 Å². The summed E-state index contributed by atoms with van der Waals surface area (Å²) in [5.41, 5.74) is 1.30. The Labute approximate surface area is 160 Å². The van der Waals surface area contributed by atoms with Crippen LogP contribution in [0.4, 0.5) is 13.2 Å². The highest BCUT2D eigenvalue weighted by molar-refractivity contribution is 5.88. The zero-order valence-corrected chi connectivity index (χ0v) is 15.3. The fourth-order valence-corrected chi connectivity index (χ4v) is 3.59. The van der Waals surface area contributed by atoms with E-state index in [9.17, 15) is 22.8 Å². The molecular weight excluding hydrogens is 371 g/mol. The van der Waals surface area contributed by atoms with E-state index < -0.39 is 23.6 Å². The minimum atomic E-state index is -4.47. The van der Waals surface area contributed by atoms with Gasteiger partial charge in [-0.2, -0.15) is 13.2 Å². The number of fused-ring (bicyclic) bond motifs is 1. The quantitative estimate of drug-likeness (QED) is 0.836. The first-order valence-electron chi connectivity index (χ1n) is 8.96. The van der Waals surface area contributed by atoms with Crippen LogP contribution in [-0.4, -0.2) is 28.4 Å². The molecule has 1 N–H and O–H groups in total. The molecule has 7 heteroatoms. The van der Waals surface area contributed by atoms with Crippen molar-refractivity contribution < 1.29 is 27.9 Å². The summed E-state index contributed by atoms with van der Waals surface area (Å²) in [4.78, 5) is 25.4. The maximum atomic E-state index is 13.2. The highest BCUT2D eigenvalue weighted by atomic mass is 19.4. The lowest BCUT2D eigenvalue weighted by molar-refractivity contribution is -0.139. The van der Waals surface area contributed by atoms with Gasteiger partial charge in [-0.05, 0) is 47.2 Å². The molecule has 4 nitrogen and oxygen atoms in total. The third-order valence-corrected chi connectivity index (χ3v) is 5.10. The van der Waals surface area contributed by atoms with Crippen molar-refractivity contribution in [3.8, 4) is 0 Å². The van der Waals surface area contributed by atoms with E-state index in [1.54, 1.807) is 24.0 Å². The molecule has 0 aromatic heterocycles. The number of carbonyl (C=O) groups is 2. The molecule has 1 heterocycles. The van der Waals surface area contributed by atoms with E-state index in [0.29, 0.717) is 13.0 Å². The van der Waals surface area contributed by atoms with Gasteiger partial charge in [0, 0.05) is 19.5 Å². The molecule has 3 rings (SSSR count). The zero-order valence-electron chi connectivity index (χ0n) is 15.3. The molecule has 0 saturated heterocycles. The normalized spacial score (nSPS) is 15.1. The summed E-state index contributed by atoms with van der Waals surface area (Å²) in [6, 6.07) is 10.2. The number of carboxylic acid groups (broad SMARTS) is 1. The van der Waals surface area contributed by atoms with Gasteiger partial charge in [-0.1, -0.05) is 31.2 Å². The number of rotatable bonds is 4. The Hall–Kier alpha value is -2.83. The molecular formula is C21H20F3NO3. The molecule has 2 aromatic rings. The molecule has 28 heavy (non-hydrogen) atoms. The van der Waals surface area contributed by atoms with Gasteiger partial charge in [0.15, 0.2) is 0 Å². The number of halogens is 3. The van der Waals surface area contributed by atoms with E-state index in [1.165, 1.54) is 24.3 Å². The molecule has 0 fully saturated rings. The molecule has 1 atom stereocenters. The molecule has 0 radical (unpaired) electrons. The number of aromatic carboxylic acids is 1. The van der Waals surface area contributed by atoms with Crippen LogP contribution >= 0.6 is 0 Å². The van der Waals surface area contributed by atoms with Crippen LogP contribution in [0.1, 0.15) is 51.9 Å². The second-order valence-electron chi connectivity index (χ2n) is 7.04. The molecule has 0 aliphatic carbocycles. The van der Waals surface area contributed by atoms with Crippen molar-refractivity contribution in [1.82, 2.24) is 4.90 Å². The highest BCUT2D eigenvalue weighted by Crippen LogP contribution is 2.36. The number of hydrogen-bond acceptors (Lipinski definition) is 2. The number of alkyl halides is 3. The minimum absolute atomic E-state index is 0.0406. The Morgan fingerprint density at radius 2 is 1.86 bits per heavy atom. The molecule has 1 aliphatic rings. The van der Waals surface area contributed by atoms with Crippen LogP contribution in [0.5, 0.6) is 0 Å². The van der Waals surface area contributed by atoms with Crippen molar-refractivity contribution in [1.29, 1.82) is 0 Å². The maximum Gasteiger partial charge on any atom is 0.416 e. The van der Waals surface area contributed by atoms with Crippen LogP contribution in [-0.2, 0) is 23.9 Å². The molecule has 1 amide bonds. The van der Waals surface area contributed by atoms with E-state index in [-0.39, 0.29) is 30.0 Å². The molecule has 2 aromatic carbocycles. The van der Waals surface area contributed by atoms with E-state index in [4.69, 9.17) is 5.11 Å². The standard InChI is InChI=1S/C21H20F3NO3/c1-13(17-4-2-3-5-18(17)21(22,23)24)10-19(26)25-9-8-14-6-7-15(20(27)28)11-16(14)12-25/h2-7,11,13H,8-10,12H2,1H3,(H,27,28). The lowest BCUT2D eigenvalue weighted by Crippen LogP contribution is -2.36. The number of amides is 1. The van der Waals surface area contributed by atoms with Crippen LogP contribution in [0.25, 0.3) is 0 Å². The summed E-state index contributed by atoms with van der Waals surface area (Å²) in [6.45, 7) is 2.34. The molecule has 0 spiro atoms. The maximum absolute atomic E-state index is 13.2. The molecule has 0 bridgehead atoms. The van der Waals surface area contributed by atoms with E-state index in [1.807, 2.05) is 0 Å². The predicted octanol–water partition coefficient (Wildman–Crippen LogP) is 4.48. The summed E-state index contributed by atoms with van der Waals surface area (Å²) < 4.78 is 39.7. The van der Waals surface area contributed by atoms with Crippen molar-refractivity contribution in [2.75, 3.05) is 6.54 Å². The SMILES string of the molecule is CC(CC(=O)N1CCc2ccc(C(=O)O)cc2C1)c1ccccc1C(F)(F)F. The minimum Gasteiger partial charge on any atom is -0.478 e. The van der Waals surface area contributed by atoms with Crippen LogP contribution in [0.3, 0.4) is 0 Å². The number of nitrogens with zero attached hydrogens (tertiary/aromatic N) is 1. The fourth-order valence-electron chi connectivity index (χ4n) is 3.59. The van der Waals surface area contributed by atoms with Crippen molar-refractivity contribution in [2.45, 2.75) is 38.4 Å². The average Bonchev–Trinajstić information content (AvgIpc) is 2.66. The zero-order chi connectivity index (χ0) is 20.5. The topological polar surface area (TPSA) is 57.6 Å². The number of carboxylic acids is 1. The van der Waals surface area contributed by atoms with Crippen LogP contribution in [0, 0.1) is 0 Å². The van der Waals surface area contributed by atoms with Gasteiger partial charge in [0.05, 0.1) is 11.1 Å². The number of carbonyl (C=O) groups excluding carboxylic acids is 1. The van der Waals surface area contributed by atoms with E-state index in [0.717, 1.165) is 17.2 Å². The first-order chi connectivity index (χ1) is 13.2. The van der Waals surface area contributed by atoms with Crippen LogP contribution in [0.15, 0.2) is 42.5 Å². The molecule has 0 saturated carbocycles. The fraction of sp³-hybridized carbons (Fsp3) is 0.333. The molecule has 1 aliphatic heterocycles. The predicted molar refractivity (Wildman–Crippen MR) is 97.0 cm³/mol. The summed E-state index contributed by atoms with van der Waals surface area (Å²) >= 11 is 0. The number of benzene rings is 2. The Morgan fingerprint density at radius 1 is 1.14 bits per heavy atom. The largest absolute Gasteiger partial charge is 0.478 e. The van der Waals surface area contributed by atoms with Gasteiger partial charge in [0.25, 0.3) is 0 Å². The van der Waals surface area contributed by atoms with Crippen LogP contribution < -0.4 is 0 Å². The first kappa shape index (κ1) is 19.9. The number of hydrogen-bond donors (Lipinski definition) is 1. The summed E-state index contributed by atoms with van der Waals surface area (Å²) in [7, 11) is 0. The average molecular weight is 391 g/mol. The summed E-state index contributed by atoms with van der Waals surface area (Å²) in [5, 5.41) is 9.13. The van der Waals surface area contributed by atoms with Gasteiger partial charge in [-0.3, -0.25) is 4.79 Å². The third-order valence-electron chi connectivity index (χ3n) is 5.10. The van der Waals surface area contributed by atoms with Gasteiger partial charge in [0.2, 0.25) is 5.91 Å². The van der Waals surface area contributed by atoms with E-state index >= 15 is 0 Å². The van der Waals surface area contributed by atoms with Gasteiger partial charge in [-0.25, -0.2) is 4.79 Å². The third kappa shape index (κ3) is 4.18. The summed E-state index contributed by atoms with van der Waals surface area (Å²) in [6.07, 6.45) is -3.92. The Kier molecular flexibility index (Phi) is 5.45.